The van der Waals surface area contributed by atoms with E-state index in [4.69, 9.17) is 4.52 Å². The fourth-order valence-corrected chi connectivity index (χ4v) is 3.09. The van der Waals surface area contributed by atoms with Crippen LogP contribution in [-0.4, -0.2) is 54.1 Å². The summed E-state index contributed by atoms with van der Waals surface area (Å²) in [6, 6.07) is 0.602. The first-order chi connectivity index (χ1) is 9.99. The van der Waals surface area contributed by atoms with Crippen LogP contribution < -0.4 is 0 Å². The highest BCUT2D eigenvalue weighted by molar-refractivity contribution is 5.76. The van der Waals surface area contributed by atoms with Gasteiger partial charge in [-0.05, 0) is 53.6 Å². The van der Waals surface area contributed by atoms with E-state index in [0.717, 1.165) is 49.4 Å². The first kappa shape index (κ1) is 16.0. The van der Waals surface area contributed by atoms with Crippen LogP contribution in [0.15, 0.2) is 4.52 Å². The molecular formula is C16H27N3O2. The molecule has 0 saturated carbocycles. The van der Waals surface area contributed by atoms with Crippen LogP contribution in [0.3, 0.4) is 0 Å². The van der Waals surface area contributed by atoms with Gasteiger partial charge in [0.05, 0.1) is 5.69 Å². The van der Waals surface area contributed by atoms with Gasteiger partial charge >= 0.3 is 0 Å². The lowest BCUT2D eigenvalue weighted by atomic mass is 10.1. The Morgan fingerprint density at radius 1 is 1.33 bits per heavy atom. The SMILES string of the molecule is Cc1noc(C)c1CCC(=O)N1CCCC(N(C)C)CC1. The van der Waals surface area contributed by atoms with Crippen molar-refractivity contribution < 1.29 is 9.32 Å². The summed E-state index contributed by atoms with van der Waals surface area (Å²) >= 11 is 0. The minimum Gasteiger partial charge on any atom is -0.361 e. The molecule has 0 bridgehead atoms. The Morgan fingerprint density at radius 3 is 2.71 bits per heavy atom. The number of aryl methyl sites for hydroxylation is 2. The van der Waals surface area contributed by atoms with Crippen molar-refractivity contribution in [3.8, 4) is 0 Å². The first-order valence-electron chi connectivity index (χ1n) is 7.85. The minimum absolute atomic E-state index is 0.259. The Bertz CT molecular complexity index is 462. The molecule has 2 heterocycles. The zero-order chi connectivity index (χ0) is 15.4. The van der Waals surface area contributed by atoms with Crippen LogP contribution in [0.25, 0.3) is 0 Å². The van der Waals surface area contributed by atoms with Gasteiger partial charge in [-0.15, -0.1) is 0 Å². The molecule has 0 radical (unpaired) electrons. The number of nitrogens with zero attached hydrogens (tertiary/aromatic N) is 3. The van der Waals surface area contributed by atoms with Gasteiger partial charge in [-0.1, -0.05) is 5.16 Å². The number of carbonyl (C=O) groups excluding carboxylic acids is 1. The quantitative estimate of drug-likeness (QED) is 0.853. The zero-order valence-electron chi connectivity index (χ0n) is 13.7. The Balaban J connectivity index is 1.86. The van der Waals surface area contributed by atoms with Crippen LogP contribution in [-0.2, 0) is 11.2 Å². The van der Waals surface area contributed by atoms with Gasteiger partial charge in [-0.25, -0.2) is 0 Å². The highest BCUT2D eigenvalue weighted by Crippen LogP contribution is 2.18. The number of carbonyl (C=O) groups is 1. The van der Waals surface area contributed by atoms with Crippen molar-refractivity contribution in [3.63, 3.8) is 0 Å². The Morgan fingerprint density at radius 2 is 2.10 bits per heavy atom. The molecule has 1 aliphatic heterocycles. The monoisotopic (exact) mass is 293 g/mol. The topological polar surface area (TPSA) is 49.6 Å². The van der Waals surface area contributed by atoms with Crippen LogP contribution in [0.1, 0.15) is 42.7 Å². The average Bonchev–Trinajstić information content (AvgIpc) is 2.68. The van der Waals surface area contributed by atoms with Crippen LogP contribution in [0, 0.1) is 13.8 Å². The molecule has 1 aromatic heterocycles. The van der Waals surface area contributed by atoms with Crippen LogP contribution >= 0.6 is 0 Å². The number of rotatable bonds is 4. The van der Waals surface area contributed by atoms with Crippen molar-refractivity contribution >= 4 is 5.91 Å². The lowest BCUT2D eigenvalue weighted by Crippen LogP contribution is -2.34. The van der Waals surface area contributed by atoms with Crippen LogP contribution in [0.4, 0.5) is 0 Å². The molecule has 1 aliphatic rings. The van der Waals surface area contributed by atoms with Crippen LogP contribution in [0.2, 0.25) is 0 Å². The molecule has 0 aromatic carbocycles. The van der Waals surface area contributed by atoms with E-state index in [1.54, 1.807) is 0 Å². The van der Waals surface area contributed by atoms with Crippen LogP contribution in [0.5, 0.6) is 0 Å². The van der Waals surface area contributed by atoms with Gasteiger partial charge in [0.15, 0.2) is 0 Å². The summed E-state index contributed by atoms with van der Waals surface area (Å²) in [4.78, 5) is 16.7. The van der Waals surface area contributed by atoms with E-state index in [1.165, 1.54) is 6.42 Å². The lowest BCUT2D eigenvalue weighted by Gasteiger charge is -2.23. The fourth-order valence-electron chi connectivity index (χ4n) is 3.09. The largest absolute Gasteiger partial charge is 0.361 e. The van der Waals surface area contributed by atoms with Crippen molar-refractivity contribution in [1.29, 1.82) is 0 Å². The standard InChI is InChI=1S/C16H27N3O2/c1-12-15(13(2)21-17-12)7-8-16(20)19-10-5-6-14(9-11-19)18(3)4/h14H,5-11H2,1-4H3. The lowest BCUT2D eigenvalue weighted by molar-refractivity contribution is -0.131. The molecule has 1 atom stereocenters. The smallest absolute Gasteiger partial charge is 0.222 e. The number of aromatic nitrogens is 1. The molecule has 2 rings (SSSR count). The van der Waals surface area contributed by atoms with Gasteiger partial charge < -0.3 is 14.3 Å². The highest BCUT2D eigenvalue weighted by atomic mass is 16.5. The summed E-state index contributed by atoms with van der Waals surface area (Å²) < 4.78 is 5.15. The highest BCUT2D eigenvalue weighted by Gasteiger charge is 2.22. The summed E-state index contributed by atoms with van der Waals surface area (Å²) in [5.74, 6) is 1.10. The molecule has 1 saturated heterocycles. The molecule has 0 spiro atoms. The molecule has 5 heteroatoms. The summed E-state index contributed by atoms with van der Waals surface area (Å²) in [7, 11) is 4.25. The first-order valence-corrected chi connectivity index (χ1v) is 7.85. The Hall–Kier alpha value is -1.36. The van der Waals surface area contributed by atoms with Crippen molar-refractivity contribution in [1.82, 2.24) is 15.0 Å². The molecule has 5 nitrogen and oxygen atoms in total. The molecular weight excluding hydrogens is 266 g/mol. The second kappa shape index (κ2) is 7.07. The fraction of sp³-hybridized carbons (Fsp3) is 0.750. The predicted octanol–water partition coefficient (Wildman–Crippen LogP) is 2.17. The van der Waals surface area contributed by atoms with E-state index >= 15 is 0 Å². The van der Waals surface area contributed by atoms with E-state index < -0.39 is 0 Å². The maximum Gasteiger partial charge on any atom is 0.222 e. The molecule has 1 fully saturated rings. The average molecular weight is 293 g/mol. The van der Waals surface area contributed by atoms with Crippen molar-refractivity contribution in [3.05, 3.63) is 17.0 Å². The molecule has 1 aromatic rings. The van der Waals surface area contributed by atoms with E-state index in [2.05, 4.69) is 24.2 Å². The van der Waals surface area contributed by atoms with Gasteiger partial charge in [0.2, 0.25) is 5.91 Å². The van der Waals surface area contributed by atoms with Gasteiger partial charge in [-0.2, -0.15) is 0 Å². The van der Waals surface area contributed by atoms with E-state index in [0.29, 0.717) is 12.5 Å². The molecule has 21 heavy (non-hydrogen) atoms. The van der Waals surface area contributed by atoms with Crippen molar-refractivity contribution in [2.45, 2.75) is 52.0 Å². The third-order valence-electron chi connectivity index (χ3n) is 4.55. The van der Waals surface area contributed by atoms with E-state index in [9.17, 15) is 4.79 Å². The third kappa shape index (κ3) is 4.06. The maximum absolute atomic E-state index is 12.4. The normalized spacial score (nSPS) is 19.9. The van der Waals surface area contributed by atoms with E-state index in [-0.39, 0.29) is 5.91 Å². The predicted molar refractivity (Wildman–Crippen MR) is 82.2 cm³/mol. The molecule has 118 valence electrons. The summed E-state index contributed by atoms with van der Waals surface area (Å²) in [5, 5.41) is 3.95. The molecule has 0 N–H and O–H groups in total. The second-order valence-electron chi connectivity index (χ2n) is 6.23. The van der Waals surface area contributed by atoms with Gasteiger partial charge in [0, 0.05) is 31.1 Å². The third-order valence-corrected chi connectivity index (χ3v) is 4.55. The Kier molecular flexibility index (Phi) is 5.39. The van der Waals surface area contributed by atoms with Crippen molar-refractivity contribution in [2.24, 2.45) is 0 Å². The number of hydrogen-bond acceptors (Lipinski definition) is 4. The minimum atomic E-state index is 0.259. The zero-order valence-corrected chi connectivity index (χ0v) is 13.7. The summed E-state index contributed by atoms with van der Waals surface area (Å²) in [6.45, 7) is 5.62. The number of likely N-dealkylation sites (tertiary alicyclic amines) is 1. The van der Waals surface area contributed by atoms with Gasteiger partial charge in [0.25, 0.3) is 0 Å². The summed E-state index contributed by atoms with van der Waals surface area (Å²) in [6.07, 6.45) is 4.63. The number of amides is 1. The van der Waals surface area contributed by atoms with Gasteiger partial charge in [-0.3, -0.25) is 4.79 Å². The maximum atomic E-state index is 12.4. The van der Waals surface area contributed by atoms with E-state index in [1.807, 2.05) is 18.7 Å². The number of hydrogen-bond donors (Lipinski definition) is 0. The molecule has 1 amide bonds. The molecule has 1 unspecified atom stereocenters. The van der Waals surface area contributed by atoms with Gasteiger partial charge in [0.1, 0.15) is 5.76 Å². The Labute approximate surface area is 127 Å². The summed E-state index contributed by atoms with van der Waals surface area (Å²) in [5.41, 5.74) is 1.99. The molecule has 0 aliphatic carbocycles. The second-order valence-corrected chi connectivity index (χ2v) is 6.23. The van der Waals surface area contributed by atoms with Crippen molar-refractivity contribution in [2.75, 3.05) is 27.2 Å².